The van der Waals surface area contributed by atoms with Gasteiger partial charge in [-0.05, 0) is 76.0 Å². The third kappa shape index (κ3) is 2.47. The van der Waals surface area contributed by atoms with E-state index in [1.54, 1.807) is 23.6 Å². The van der Waals surface area contributed by atoms with Crippen LogP contribution in [0.3, 0.4) is 0 Å². The Kier molecular flexibility index (Phi) is 3.78. The fourth-order valence-electron chi connectivity index (χ4n) is 3.54. The highest BCUT2D eigenvalue weighted by atomic mass is 32.1. The topological polar surface area (TPSA) is 64.2 Å². The third-order valence-electron chi connectivity index (χ3n) is 4.73. The summed E-state index contributed by atoms with van der Waals surface area (Å²) in [5, 5.41) is 32.7. The number of fused-ring (bicyclic) bond motifs is 1. The van der Waals surface area contributed by atoms with Crippen molar-refractivity contribution >= 4 is 23.0 Å². The number of halogens is 1. The van der Waals surface area contributed by atoms with Crippen molar-refractivity contribution in [1.29, 1.82) is 5.26 Å². The Morgan fingerprint density at radius 2 is 1.92 bits per heavy atom. The minimum absolute atomic E-state index is 0.159. The molecule has 0 bridgehead atoms. The maximum Gasteiger partial charge on any atom is 0.165 e. The third-order valence-corrected chi connectivity index (χ3v) is 5.49. The highest BCUT2D eigenvalue weighted by Crippen LogP contribution is 2.49. The molecule has 3 nitrogen and oxygen atoms in total. The smallest absolute Gasteiger partial charge is 0.165 e. The summed E-state index contributed by atoms with van der Waals surface area (Å²) in [7, 11) is 0. The van der Waals surface area contributed by atoms with Gasteiger partial charge in [0, 0.05) is 11.3 Å². The Hall–Kier alpha value is -3.10. The normalized spacial score (nSPS) is 15.4. The van der Waals surface area contributed by atoms with Gasteiger partial charge in [0.1, 0.15) is 11.8 Å². The molecule has 2 aromatic carbocycles. The van der Waals surface area contributed by atoms with E-state index in [4.69, 9.17) is 0 Å². The molecule has 1 heterocycles. The molecule has 0 aliphatic heterocycles. The fourth-order valence-corrected chi connectivity index (χ4v) is 4.34. The molecule has 4 rings (SSSR count). The summed E-state index contributed by atoms with van der Waals surface area (Å²) in [6.45, 7) is 1.91. The molecule has 1 atom stereocenters. The van der Waals surface area contributed by atoms with Crippen molar-refractivity contribution < 1.29 is 14.6 Å². The molecule has 0 fully saturated rings. The lowest BCUT2D eigenvalue weighted by Gasteiger charge is -2.18. The van der Waals surface area contributed by atoms with Crippen molar-refractivity contribution in [2.45, 2.75) is 12.8 Å². The number of nitrogens with zero attached hydrogens (tertiary/aromatic N) is 1. The number of allylic oxidation sites excluding steroid dienone is 1. The molecular weight excluding hydrogens is 349 g/mol. The number of benzene rings is 2. The van der Waals surface area contributed by atoms with E-state index in [-0.39, 0.29) is 11.7 Å². The van der Waals surface area contributed by atoms with Crippen molar-refractivity contribution in [1.82, 2.24) is 0 Å². The van der Waals surface area contributed by atoms with Gasteiger partial charge in [-0.3, -0.25) is 0 Å². The average Bonchev–Trinajstić information content (AvgIpc) is 3.21. The number of nitriles is 1. The van der Waals surface area contributed by atoms with E-state index < -0.39 is 11.6 Å². The van der Waals surface area contributed by atoms with Gasteiger partial charge in [0.15, 0.2) is 11.6 Å². The molecule has 1 aliphatic rings. The van der Waals surface area contributed by atoms with Gasteiger partial charge in [-0.2, -0.15) is 16.6 Å². The van der Waals surface area contributed by atoms with Crippen LogP contribution in [0, 0.1) is 24.1 Å². The van der Waals surface area contributed by atoms with Gasteiger partial charge >= 0.3 is 0 Å². The first-order chi connectivity index (χ1) is 12.5. The molecule has 5 heteroatoms. The number of phenols is 2. The van der Waals surface area contributed by atoms with Crippen molar-refractivity contribution in [3.8, 4) is 17.6 Å². The monoisotopic (exact) mass is 363 g/mol. The summed E-state index contributed by atoms with van der Waals surface area (Å²) >= 11 is 1.44. The molecule has 0 saturated carbocycles. The van der Waals surface area contributed by atoms with Crippen LogP contribution in [-0.4, -0.2) is 10.2 Å². The minimum atomic E-state index is -0.691. The van der Waals surface area contributed by atoms with Crippen molar-refractivity contribution in [2.24, 2.45) is 0 Å². The molecule has 0 amide bonds. The van der Waals surface area contributed by atoms with Crippen LogP contribution in [0.5, 0.6) is 11.5 Å². The van der Waals surface area contributed by atoms with Crippen molar-refractivity contribution in [3.05, 3.63) is 80.3 Å². The van der Waals surface area contributed by atoms with Crippen LogP contribution in [0.15, 0.2) is 41.1 Å². The Morgan fingerprint density at radius 1 is 1.12 bits per heavy atom. The Labute approximate surface area is 153 Å². The van der Waals surface area contributed by atoms with Gasteiger partial charge in [-0.1, -0.05) is 6.07 Å². The van der Waals surface area contributed by atoms with Crippen LogP contribution < -0.4 is 0 Å². The van der Waals surface area contributed by atoms with Crippen LogP contribution in [-0.2, 0) is 0 Å². The molecule has 1 aliphatic carbocycles. The first-order valence-corrected chi connectivity index (χ1v) is 8.94. The molecular formula is C21H14FNO2S. The first kappa shape index (κ1) is 16.4. The first-order valence-electron chi connectivity index (χ1n) is 7.99. The van der Waals surface area contributed by atoms with E-state index in [2.05, 4.69) is 6.07 Å². The second kappa shape index (κ2) is 6.01. The van der Waals surface area contributed by atoms with E-state index in [0.717, 1.165) is 27.8 Å². The molecule has 1 unspecified atom stereocenters. The lowest BCUT2D eigenvalue weighted by atomic mass is 9.84. The second-order valence-corrected chi connectivity index (χ2v) is 7.06. The van der Waals surface area contributed by atoms with E-state index in [1.165, 1.54) is 23.5 Å². The largest absolute Gasteiger partial charge is 0.508 e. The minimum Gasteiger partial charge on any atom is -0.508 e. The van der Waals surface area contributed by atoms with Gasteiger partial charge in [0.05, 0.1) is 5.56 Å². The number of hydrogen-bond donors (Lipinski definition) is 2. The van der Waals surface area contributed by atoms with Crippen LogP contribution in [0.2, 0.25) is 0 Å². The average molecular weight is 363 g/mol. The SMILES string of the molecule is Cc1cc(O)cc2c1C=C(c1ccc(O)c(F)c1)C2c1cscc1C#N. The fraction of sp³-hybridized carbons (Fsp3) is 0.0952. The maximum absolute atomic E-state index is 14.0. The molecule has 1 aromatic heterocycles. The van der Waals surface area contributed by atoms with Gasteiger partial charge in [-0.25, -0.2) is 4.39 Å². The summed E-state index contributed by atoms with van der Waals surface area (Å²) in [6.07, 6.45) is 1.97. The predicted octanol–water partition coefficient (Wildman–Crippen LogP) is 5.16. The Morgan fingerprint density at radius 3 is 2.65 bits per heavy atom. The highest BCUT2D eigenvalue weighted by Gasteiger charge is 2.31. The van der Waals surface area contributed by atoms with Crippen molar-refractivity contribution in [3.63, 3.8) is 0 Å². The van der Waals surface area contributed by atoms with Gasteiger partial charge < -0.3 is 10.2 Å². The van der Waals surface area contributed by atoms with Crippen LogP contribution in [0.4, 0.5) is 4.39 Å². The zero-order valence-corrected chi connectivity index (χ0v) is 14.6. The zero-order valence-electron chi connectivity index (χ0n) is 13.8. The van der Waals surface area contributed by atoms with E-state index >= 15 is 0 Å². The van der Waals surface area contributed by atoms with Gasteiger partial charge in [0.2, 0.25) is 0 Å². The number of hydrogen-bond acceptors (Lipinski definition) is 4. The summed E-state index contributed by atoms with van der Waals surface area (Å²) in [5.41, 5.74) is 5.64. The Balaban J connectivity index is 1.97. The maximum atomic E-state index is 14.0. The van der Waals surface area contributed by atoms with Crippen molar-refractivity contribution in [2.75, 3.05) is 0 Å². The van der Waals surface area contributed by atoms with Crippen LogP contribution in [0.25, 0.3) is 11.6 Å². The molecule has 2 N–H and O–H groups in total. The molecule has 26 heavy (non-hydrogen) atoms. The van der Waals surface area contributed by atoms with Crippen LogP contribution >= 0.6 is 11.3 Å². The van der Waals surface area contributed by atoms with Gasteiger partial charge in [-0.15, -0.1) is 0 Å². The summed E-state index contributed by atoms with van der Waals surface area (Å²) in [5.74, 6) is -1.21. The molecule has 0 spiro atoms. The quantitative estimate of drug-likeness (QED) is 0.661. The number of aromatic hydroxyl groups is 2. The Bertz CT molecular complexity index is 1110. The molecule has 128 valence electrons. The summed E-state index contributed by atoms with van der Waals surface area (Å²) < 4.78 is 14.0. The number of phenolic OH excluding ortho intramolecular Hbond substituents is 2. The predicted molar refractivity (Wildman–Crippen MR) is 99.7 cm³/mol. The standard InChI is InChI=1S/C21H14FNO2S/c1-11-4-14(24)6-17-15(11)7-16(12-2-3-20(25)19(22)5-12)21(17)18-10-26-9-13(18)8-23/h2-7,9-10,21,24-25H,1H3. The lowest BCUT2D eigenvalue weighted by molar-refractivity contribution is 0.432. The zero-order chi connectivity index (χ0) is 18.4. The molecule has 0 saturated heterocycles. The lowest BCUT2D eigenvalue weighted by Crippen LogP contribution is -2.02. The molecule has 0 radical (unpaired) electrons. The molecule has 3 aromatic rings. The summed E-state index contributed by atoms with van der Waals surface area (Å²) in [4.78, 5) is 0. The highest BCUT2D eigenvalue weighted by molar-refractivity contribution is 7.08. The van der Waals surface area contributed by atoms with Gasteiger partial charge in [0.25, 0.3) is 0 Å². The number of thiophene rings is 1. The van der Waals surface area contributed by atoms with Crippen LogP contribution in [0.1, 0.15) is 39.3 Å². The second-order valence-electron chi connectivity index (χ2n) is 6.32. The van der Waals surface area contributed by atoms with E-state index in [1.807, 2.05) is 18.4 Å². The number of aryl methyl sites for hydroxylation is 1. The van der Waals surface area contributed by atoms with E-state index in [9.17, 15) is 19.9 Å². The number of rotatable bonds is 2. The summed E-state index contributed by atoms with van der Waals surface area (Å²) in [6, 6.07) is 9.89. The van der Waals surface area contributed by atoms with E-state index in [0.29, 0.717) is 11.1 Å².